The smallest absolute Gasteiger partial charge is 0.291 e. The zero-order valence-electron chi connectivity index (χ0n) is 10.9. The second kappa shape index (κ2) is 5.66. The van der Waals surface area contributed by atoms with Crippen molar-refractivity contribution >= 4 is 39.2 Å². The zero-order valence-corrected chi connectivity index (χ0v) is 13.3. The maximum atomic E-state index is 10.8. The molecule has 1 atom stereocenters. The molecule has 1 unspecified atom stereocenters. The molecule has 104 valence electrons. The van der Waals surface area contributed by atoms with Crippen molar-refractivity contribution in [1.82, 2.24) is 4.98 Å². The molecule has 7 heteroatoms. The van der Waals surface area contributed by atoms with Crippen molar-refractivity contribution in [1.29, 1.82) is 0 Å². The summed E-state index contributed by atoms with van der Waals surface area (Å²) in [5, 5.41) is 14.1. The molecule has 0 saturated carbocycles. The number of halogens is 1. The van der Waals surface area contributed by atoms with Gasteiger partial charge in [-0.15, -0.1) is 0 Å². The predicted molar refractivity (Wildman–Crippen MR) is 81.9 cm³/mol. The molecule has 0 amide bonds. The first-order valence-corrected chi connectivity index (χ1v) is 7.88. The molecule has 0 spiro atoms. The van der Waals surface area contributed by atoms with Crippen LogP contribution in [0.5, 0.6) is 0 Å². The van der Waals surface area contributed by atoms with Crippen LogP contribution >= 0.6 is 27.7 Å². The van der Waals surface area contributed by atoms with Crippen molar-refractivity contribution in [2.45, 2.75) is 31.4 Å². The van der Waals surface area contributed by atoms with Gasteiger partial charge in [-0.05, 0) is 48.4 Å². The number of pyridine rings is 1. The lowest BCUT2D eigenvalue weighted by molar-refractivity contribution is -0.385. The number of rotatable bonds is 4. The fourth-order valence-corrected chi connectivity index (χ4v) is 3.81. The lowest BCUT2D eigenvalue weighted by atomic mass is 10.1. The van der Waals surface area contributed by atoms with Crippen molar-refractivity contribution in [2.24, 2.45) is 0 Å². The Kier molecular flexibility index (Phi) is 4.35. The number of aromatic nitrogens is 1. The normalized spacial score (nSPS) is 22.5. The van der Waals surface area contributed by atoms with Gasteiger partial charge in [-0.2, -0.15) is 11.8 Å². The highest BCUT2D eigenvalue weighted by Gasteiger charge is 2.29. The SMILES string of the molecule is Cc1c([N+](=O)[O-])cnc(NCC2(C)CCCS2)c1Br. The average molecular weight is 346 g/mol. The van der Waals surface area contributed by atoms with Crippen LogP contribution in [0.2, 0.25) is 0 Å². The van der Waals surface area contributed by atoms with Crippen LogP contribution in [0, 0.1) is 17.0 Å². The standard InChI is InChI=1S/C12H16BrN3O2S/c1-8-9(16(17)18)6-14-11(10(8)13)15-7-12(2)4-3-5-19-12/h6H,3-5,7H2,1-2H3,(H,14,15). The van der Waals surface area contributed by atoms with Crippen LogP contribution in [0.15, 0.2) is 10.7 Å². The van der Waals surface area contributed by atoms with Crippen LogP contribution in [0.3, 0.4) is 0 Å². The fourth-order valence-electron chi connectivity index (χ4n) is 2.12. The summed E-state index contributed by atoms with van der Waals surface area (Å²) in [4.78, 5) is 14.6. The van der Waals surface area contributed by atoms with E-state index in [4.69, 9.17) is 0 Å². The third-order valence-corrected chi connectivity index (χ3v) is 5.87. The van der Waals surface area contributed by atoms with Crippen molar-refractivity contribution in [3.05, 3.63) is 26.3 Å². The Hall–Kier alpha value is -0.820. The Morgan fingerprint density at radius 2 is 2.42 bits per heavy atom. The molecule has 0 aliphatic carbocycles. The van der Waals surface area contributed by atoms with E-state index in [9.17, 15) is 10.1 Å². The number of nitro groups is 1. The zero-order chi connectivity index (χ0) is 14.0. The molecule has 1 aliphatic rings. The lowest BCUT2D eigenvalue weighted by Crippen LogP contribution is -2.27. The van der Waals surface area contributed by atoms with E-state index in [0.29, 0.717) is 15.9 Å². The maximum absolute atomic E-state index is 10.8. The van der Waals surface area contributed by atoms with E-state index in [0.717, 1.165) is 6.54 Å². The van der Waals surface area contributed by atoms with Gasteiger partial charge in [-0.25, -0.2) is 4.98 Å². The van der Waals surface area contributed by atoms with Crippen molar-refractivity contribution in [2.75, 3.05) is 17.6 Å². The largest absolute Gasteiger partial charge is 0.368 e. The Morgan fingerprint density at radius 1 is 1.68 bits per heavy atom. The van der Waals surface area contributed by atoms with Crippen molar-refractivity contribution in [3.8, 4) is 0 Å². The van der Waals surface area contributed by atoms with Gasteiger partial charge in [0.25, 0.3) is 5.69 Å². The topological polar surface area (TPSA) is 68.1 Å². The molecule has 1 aliphatic heterocycles. The summed E-state index contributed by atoms with van der Waals surface area (Å²) in [5.41, 5.74) is 0.644. The summed E-state index contributed by atoms with van der Waals surface area (Å²) in [6.45, 7) is 4.78. The third-order valence-electron chi connectivity index (χ3n) is 3.36. The maximum Gasteiger partial charge on any atom is 0.291 e. The molecule has 1 aromatic rings. The summed E-state index contributed by atoms with van der Waals surface area (Å²) in [6, 6.07) is 0. The van der Waals surface area contributed by atoms with Crippen LogP contribution in [0.1, 0.15) is 25.3 Å². The first-order valence-electron chi connectivity index (χ1n) is 6.10. The summed E-state index contributed by atoms with van der Waals surface area (Å²) >= 11 is 5.36. The molecule has 1 N–H and O–H groups in total. The minimum Gasteiger partial charge on any atom is -0.368 e. The van der Waals surface area contributed by atoms with E-state index in [-0.39, 0.29) is 10.4 Å². The highest BCUT2D eigenvalue weighted by atomic mass is 79.9. The Balaban J connectivity index is 2.13. The van der Waals surface area contributed by atoms with Crippen molar-refractivity contribution < 1.29 is 4.92 Å². The summed E-state index contributed by atoms with van der Waals surface area (Å²) in [7, 11) is 0. The minimum absolute atomic E-state index is 0.0406. The number of nitrogens with one attached hydrogen (secondary N) is 1. The molecule has 1 aromatic heterocycles. The Bertz CT molecular complexity index is 504. The third kappa shape index (κ3) is 3.20. The van der Waals surface area contributed by atoms with E-state index in [1.54, 1.807) is 6.92 Å². The van der Waals surface area contributed by atoms with Gasteiger partial charge in [0.05, 0.1) is 9.40 Å². The quantitative estimate of drug-likeness (QED) is 0.664. The number of thioether (sulfide) groups is 1. The van der Waals surface area contributed by atoms with Crippen LogP contribution in [0.25, 0.3) is 0 Å². The van der Waals surface area contributed by atoms with Crippen LogP contribution < -0.4 is 5.32 Å². The molecule has 1 saturated heterocycles. The molecular formula is C12H16BrN3O2S. The second-order valence-corrected chi connectivity index (χ2v) is 7.42. The van der Waals surface area contributed by atoms with Gasteiger partial charge in [-0.3, -0.25) is 10.1 Å². The molecule has 0 bridgehead atoms. The number of hydrogen-bond donors (Lipinski definition) is 1. The second-order valence-electron chi connectivity index (χ2n) is 4.94. The van der Waals surface area contributed by atoms with E-state index in [1.165, 1.54) is 24.8 Å². The van der Waals surface area contributed by atoms with E-state index in [2.05, 4.69) is 33.2 Å². The van der Waals surface area contributed by atoms with Crippen LogP contribution in [-0.2, 0) is 0 Å². The molecule has 0 aromatic carbocycles. The summed E-state index contributed by atoms with van der Waals surface area (Å²) in [5.74, 6) is 1.88. The van der Waals surface area contributed by atoms with E-state index >= 15 is 0 Å². The number of nitrogens with zero attached hydrogens (tertiary/aromatic N) is 2. The minimum atomic E-state index is -0.412. The number of anilines is 1. The molecule has 2 rings (SSSR count). The summed E-state index contributed by atoms with van der Waals surface area (Å²) in [6.07, 6.45) is 3.75. The monoisotopic (exact) mass is 345 g/mol. The van der Waals surface area contributed by atoms with Gasteiger partial charge in [0.1, 0.15) is 12.0 Å². The lowest BCUT2D eigenvalue weighted by Gasteiger charge is -2.23. The Morgan fingerprint density at radius 3 is 3.00 bits per heavy atom. The molecule has 1 fully saturated rings. The first-order chi connectivity index (χ1) is 8.93. The fraction of sp³-hybridized carbons (Fsp3) is 0.583. The average Bonchev–Trinajstić information content (AvgIpc) is 2.78. The highest BCUT2D eigenvalue weighted by Crippen LogP contribution is 2.38. The van der Waals surface area contributed by atoms with Gasteiger partial charge in [0, 0.05) is 16.9 Å². The molecule has 2 heterocycles. The van der Waals surface area contributed by atoms with Crippen LogP contribution in [-0.4, -0.2) is 27.0 Å². The van der Waals surface area contributed by atoms with Crippen LogP contribution in [0.4, 0.5) is 11.5 Å². The van der Waals surface area contributed by atoms with Gasteiger partial charge in [0.15, 0.2) is 0 Å². The highest BCUT2D eigenvalue weighted by molar-refractivity contribution is 9.10. The summed E-state index contributed by atoms with van der Waals surface area (Å²) < 4.78 is 0.907. The van der Waals surface area contributed by atoms with Gasteiger partial charge in [0.2, 0.25) is 0 Å². The van der Waals surface area contributed by atoms with Gasteiger partial charge in [-0.1, -0.05) is 0 Å². The van der Waals surface area contributed by atoms with E-state index < -0.39 is 4.92 Å². The molecule has 19 heavy (non-hydrogen) atoms. The van der Waals surface area contributed by atoms with Crippen molar-refractivity contribution in [3.63, 3.8) is 0 Å². The Labute approximate surface area is 124 Å². The van der Waals surface area contributed by atoms with Gasteiger partial charge < -0.3 is 5.32 Å². The molecular weight excluding hydrogens is 330 g/mol. The molecule has 5 nitrogen and oxygen atoms in total. The van der Waals surface area contributed by atoms with Gasteiger partial charge >= 0.3 is 0 Å². The van der Waals surface area contributed by atoms with E-state index in [1.807, 2.05) is 11.8 Å². The predicted octanol–water partition coefficient (Wildman–Crippen LogP) is 3.76. The molecule has 0 radical (unpaired) electrons. The first kappa shape index (κ1) is 14.6. The number of hydrogen-bond acceptors (Lipinski definition) is 5.